The van der Waals surface area contributed by atoms with Gasteiger partial charge >= 0.3 is 0 Å². The fourth-order valence-electron chi connectivity index (χ4n) is 2.03. The molecule has 0 radical (unpaired) electrons. The average molecular weight is 254 g/mol. The molecule has 0 saturated carbocycles. The molecule has 1 aromatic heterocycles. The lowest BCUT2D eigenvalue weighted by Crippen LogP contribution is -2.09. The summed E-state index contributed by atoms with van der Waals surface area (Å²) >= 11 is 1.74. The van der Waals surface area contributed by atoms with Crippen LogP contribution in [0.1, 0.15) is 0 Å². The van der Waals surface area contributed by atoms with Crippen molar-refractivity contribution in [1.82, 2.24) is 4.98 Å². The van der Waals surface area contributed by atoms with Crippen molar-refractivity contribution < 1.29 is 0 Å². The molecule has 0 aliphatic rings. The summed E-state index contributed by atoms with van der Waals surface area (Å²) in [6.07, 6.45) is 0. The van der Waals surface area contributed by atoms with E-state index in [1.165, 1.54) is 16.0 Å². The van der Waals surface area contributed by atoms with Gasteiger partial charge in [-0.05, 0) is 24.3 Å². The maximum atomic E-state index is 4.72. The smallest absolute Gasteiger partial charge is 0.126 e. The first-order valence-corrected chi connectivity index (χ1v) is 6.69. The number of rotatable bonds is 2. The van der Waals surface area contributed by atoms with Crippen LogP contribution < -0.4 is 4.90 Å². The fraction of sp³-hybridized carbons (Fsp3) is 0.133. The number of nitrogens with zero attached hydrogens (tertiary/aromatic N) is 2. The second-order valence-electron chi connectivity index (χ2n) is 4.40. The first-order valence-electron chi connectivity index (χ1n) is 5.88. The first-order chi connectivity index (χ1) is 8.75. The minimum Gasteiger partial charge on any atom is -0.377 e. The van der Waals surface area contributed by atoms with Crippen molar-refractivity contribution in [2.24, 2.45) is 0 Å². The summed E-state index contributed by atoms with van der Waals surface area (Å²) in [4.78, 5) is 6.84. The van der Waals surface area contributed by atoms with E-state index in [0.717, 1.165) is 10.5 Å². The SMILES string of the molecule is CN(C)c1ccccc1-c1nc2ccccc2s1. The van der Waals surface area contributed by atoms with Crippen LogP contribution in [0, 0.1) is 0 Å². The minimum atomic E-state index is 1.08. The molecule has 0 spiro atoms. The Morgan fingerprint density at radius 2 is 1.67 bits per heavy atom. The number of benzene rings is 2. The number of hydrogen-bond donors (Lipinski definition) is 0. The third-order valence-electron chi connectivity index (χ3n) is 2.91. The van der Waals surface area contributed by atoms with Crippen molar-refractivity contribution in [2.45, 2.75) is 0 Å². The Labute approximate surface area is 111 Å². The lowest BCUT2D eigenvalue weighted by atomic mass is 10.2. The lowest BCUT2D eigenvalue weighted by Gasteiger charge is -2.15. The highest BCUT2D eigenvalue weighted by molar-refractivity contribution is 7.21. The van der Waals surface area contributed by atoms with Crippen LogP contribution >= 0.6 is 11.3 Å². The molecule has 0 aliphatic carbocycles. The summed E-state index contributed by atoms with van der Waals surface area (Å²) in [7, 11) is 4.12. The van der Waals surface area contributed by atoms with E-state index >= 15 is 0 Å². The molecular weight excluding hydrogens is 240 g/mol. The molecule has 0 bridgehead atoms. The Bertz CT molecular complexity index is 653. The average Bonchev–Trinajstić information content (AvgIpc) is 2.82. The van der Waals surface area contributed by atoms with Gasteiger partial charge in [0.1, 0.15) is 5.01 Å². The maximum Gasteiger partial charge on any atom is 0.126 e. The molecule has 1 heterocycles. The quantitative estimate of drug-likeness (QED) is 0.686. The monoisotopic (exact) mass is 254 g/mol. The van der Waals surface area contributed by atoms with Gasteiger partial charge in [0.05, 0.1) is 10.2 Å². The van der Waals surface area contributed by atoms with Crippen molar-refractivity contribution in [3.63, 3.8) is 0 Å². The Morgan fingerprint density at radius 3 is 2.44 bits per heavy atom. The summed E-state index contributed by atoms with van der Waals surface area (Å²) in [5.74, 6) is 0. The molecule has 3 heteroatoms. The first kappa shape index (κ1) is 11.2. The van der Waals surface area contributed by atoms with E-state index in [-0.39, 0.29) is 0 Å². The fourth-order valence-corrected chi connectivity index (χ4v) is 3.03. The standard InChI is InChI=1S/C15H14N2S/c1-17(2)13-9-5-3-7-11(13)15-16-12-8-4-6-10-14(12)18-15/h3-10H,1-2H3. The molecule has 18 heavy (non-hydrogen) atoms. The van der Waals surface area contributed by atoms with Gasteiger partial charge in [-0.15, -0.1) is 11.3 Å². The van der Waals surface area contributed by atoms with Crippen LogP contribution in [-0.2, 0) is 0 Å². The number of anilines is 1. The molecule has 0 aliphatic heterocycles. The molecular formula is C15H14N2S. The molecule has 90 valence electrons. The van der Waals surface area contributed by atoms with Gasteiger partial charge in [0, 0.05) is 25.3 Å². The topological polar surface area (TPSA) is 16.1 Å². The van der Waals surface area contributed by atoms with E-state index in [0.29, 0.717) is 0 Å². The highest BCUT2D eigenvalue weighted by atomic mass is 32.1. The molecule has 0 N–H and O–H groups in total. The normalized spacial score (nSPS) is 10.8. The predicted octanol–water partition coefficient (Wildman–Crippen LogP) is 4.03. The van der Waals surface area contributed by atoms with E-state index in [9.17, 15) is 0 Å². The molecule has 0 fully saturated rings. The third kappa shape index (κ3) is 1.87. The highest BCUT2D eigenvalue weighted by Gasteiger charge is 2.10. The molecule has 0 unspecified atom stereocenters. The lowest BCUT2D eigenvalue weighted by molar-refractivity contribution is 1.13. The summed E-state index contributed by atoms with van der Waals surface area (Å²) in [5, 5.41) is 1.08. The van der Waals surface area contributed by atoms with Crippen LogP contribution in [0.3, 0.4) is 0 Å². The largest absolute Gasteiger partial charge is 0.377 e. The Kier molecular flexibility index (Phi) is 2.76. The zero-order valence-electron chi connectivity index (χ0n) is 10.4. The van der Waals surface area contributed by atoms with Crippen LogP contribution in [-0.4, -0.2) is 19.1 Å². The van der Waals surface area contributed by atoms with E-state index in [1.807, 2.05) is 6.07 Å². The van der Waals surface area contributed by atoms with Gasteiger partial charge in [-0.2, -0.15) is 0 Å². The Balaban J connectivity index is 2.20. The van der Waals surface area contributed by atoms with Crippen molar-refractivity contribution in [3.8, 4) is 10.6 Å². The van der Waals surface area contributed by atoms with Crippen LogP contribution in [0.5, 0.6) is 0 Å². The van der Waals surface area contributed by atoms with Gasteiger partial charge in [0.2, 0.25) is 0 Å². The highest BCUT2D eigenvalue weighted by Crippen LogP contribution is 2.35. The van der Waals surface area contributed by atoms with Crippen molar-refractivity contribution in [1.29, 1.82) is 0 Å². The number of aromatic nitrogens is 1. The number of hydrogen-bond acceptors (Lipinski definition) is 3. The van der Waals surface area contributed by atoms with E-state index in [2.05, 4.69) is 61.5 Å². The Hall–Kier alpha value is -1.87. The molecule has 3 rings (SSSR count). The van der Waals surface area contributed by atoms with Crippen molar-refractivity contribution in [3.05, 3.63) is 48.5 Å². The maximum absolute atomic E-state index is 4.72. The minimum absolute atomic E-state index is 1.08. The number of para-hydroxylation sites is 2. The van der Waals surface area contributed by atoms with E-state index < -0.39 is 0 Å². The molecule has 2 aromatic carbocycles. The van der Waals surface area contributed by atoms with Crippen LogP contribution in [0.25, 0.3) is 20.8 Å². The van der Waals surface area contributed by atoms with E-state index in [4.69, 9.17) is 4.98 Å². The summed E-state index contributed by atoms with van der Waals surface area (Å²) in [6.45, 7) is 0. The third-order valence-corrected chi connectivity index (χ3v) is 3.98. The van der Waals surface area contributed by atoms with Crippen molar-refractivity contribution >= 4 is 27.2 Å². The van der Waals surface area contributed by atoms with Gasteiger partial charge in [-0.25, -0.2) is 4.98 Å². The van der Waals surface area contributed by atoms with Crippen LogP contribution in [0.4, 0.5) is 5.69 Å². The van der Waals surface area contributed by atoms with Gasteiger partial charge in [0.15, 0.2) is 0 Å². The van der Waals surface area contributed by atoms with Gasteiger partial charge in [-0.1, -0.05) is 24.3 Å². The zero-order valence-corrected chi connectivity index (χ0v) is 11.2. The van der Waals surface area contributed by atoms with Crippen molar-refractivity contribution in [2.75, 3.05) is 19.0 Å². The molecule has 2 nitrogen and oxygen atoms in total. The summed E-state index contributed by atoms with van der Waals surface area (Å²) in [5.41, 5.74) is 3.48. The molecule has 0 atom stereocenters. The van der Waals surface area contributed by atoms with Crippen LogP contribution in [0.15, 0.2) is 48.5 Å². The van der Waals surface area contributed by atoms with E-state index in [1.54, 1.807) is 11.3 Å². The zero-order chi connectivity index (χ0) is 12.5. The van der Waals surface area contributed by atoms with Gasteiger partial charge < -0.3 is 4.90 Å². The number of thiazole rings is 1. The summed E-state index contributed by atoms with van der Waals surface area (Å²) < 4.78 is 1.24. The Morgan fingerprint density at radius 1 is 0.944 bits per heavy atom. The van der Waals surface area contributed by atoms with Gasteiger partial charge in [0.25, 0.3) is 0 Å². The predicted molar refractivity (Wildman–Crippen MR) is 79.4 cm³/mol. The van der Waals surface area contributed by atoms with Gasteiger partial charge in [-0.3, -0.25) is 0 Å². The molecule has 3 aromatic rings. The second-order valence-corrected chi connectivity index (χ2v) is 5.43. The molecule has 0 amide bonds. The van der Waals surface area contributed by atoms with Crippen LogP contribution in [0.2, 0.25) is 0 Å². The summed E-state index contributed by atoms with van der Waals surface area (Å²) in [6, 6.07) is 16.7. The molecule has 0 saturated heterocycles. The number of fused-ring (bicyclic) bond motifs is 1. The second kappa shape index (κ2) is 4.42.